The number of aryl methyl sites for hydroxylation is 3. The van der Waals surface area contributed by atoms with Gasteiger partial charge in [-0.2, -0.15) is 0 Å². The van der Waals surface area contributed by atoms with Crippen molar-refractivity contribution in [3.63, 3.8) is 0 Å². The Morgan fingerprint density at radius 3 is 2.06 bits per heavy atom. The molecule has 0 bridgehead atoms. The molecule has 3 aromatic carbocycles. The summed E-state index contributed by atoms with van der Waals surface area (Å²) in [5.41, 5.74) is 7.72. The van der Waals surface area contributed by atoms with Gasteiger partial charge in [0.25, 0.3) is 5.91 Å². The maximum absolute atomic E-state index is 12.9. The van der Waals surface area contributed by atoms with E-state index in [1.54, 1.807) is 12.1 Å². The molecule has 186 valence electrons. The highest BCUT2D eigenvalue weighted by molar-refractivity contribution is 6.01. The molecule has 0 heterocycles. The Bertz CT molecular complexity index is 1320. The van der Waals surface area contributed by atoms with Crippen LogP contribution in [0.5, 0.6) is 0 Å². The molecule has 1 N–H and O–H groups in total. The highest BCUT2D eigenvalue weighted by Gasteiger charge is 2.15. The Hall–Kier alpha value is -3.79. The van der Waals surface area contributed by atoms with Crippen LogP contribution in [-0.4, -0.2) is 17.5 Å². The van der Waals surface area contributed by atoms with Crippen LogP contribution in [0.2, 0.25) is 0 Å². The summed E-state index contributed by atoms with van der Waals surface area (Å²) >= 11 is 0. The van der Waals surface area contributed by atoms with E-state index in [-0.39, 0.29) is 23.4 Å². The number of amides is 1. The average Bonchev–Trinajstić information content (AvgIpc) is 2.84. The number of benzene rings is 3. The second-order valence-electron chi connectivity index (χ2n) is 9.70. The van der Waals surface area contributed by atoms with Crippen LogP contribution in [0.15, 0.2) is 67.2 Å². The van der Waals surface area contributed by atoms with Crippen LogP contribution >= 0.6 is 0 Å². The number of carbonyl (C=O) groups is 3. The number of ketones is 2. The fourth-order valence-electron chi connectivity index (χ4n) is 4.27. The number of Topliss-reactive ketones (excluding diaryl/α,β-unsaturated/α-hetero) is 2. The molecule has 0 spiro atoms. The smallest absolute Gasteiger partial charge is 0.255 e. The van der Waals surface area contributed by atoms with Gasteiger partial charge in [0, 0.05) is 35.6 Å². The summed E-state index contributed by atoms with van der Waals surface area (Å²) in [6, 6.07) is 19.3. The first-order valence-corrected chi connectivity index (χ1v) is 12.4. The molecule has 0 atom stereocenters. The largest absolute Gasteiger partial charge is 0.322 e. The predicted molar refractivity (Wildman–Crippen MR) is 147 cm³/mol. The van der Waals surface area contributed by atoms with Crippen LogP contribution < -0.4 is 5.32 Å². The van der Waals surface area contributed by atoms with Gasteiger partial charge in [-0.25, -0.2) is 0 Å². The molecule has 0 radical (unpaired) electrons. The Morgan fingerprint density at radius 1 is 0.778 bits per heavy atom. The van der Waals surface area contributed by atoms with Crippen molar-refractivity contribution in [1.82, 2.24) is 5.32 Å². The fourth-order valence-corrected chi connectivity index (χ4v) is 4.27. The molecule has 0 aromatic heterocycles. The van der Waals surface area contributed by atoms with Crippen LogP contribution in [0, 0.1) is 26.7 Å². The highest BCUT2D eigenvalue weighted by atomic mass is 16.1. The van der Waals surface area contributed by atoms with Crippen molar-refractivity contribution in [2.24, 2.45) is 5.92 Å². The average molecular weight is 482 g/mol. The van der Waals surface area contributed by atoms with Crippen LogP contribution in [0.25, 0.3) is 16.8 Å². The molecule has 4 nitrogen and oxygen atoms in total. The Labute approximate surface area is 214 Å². The van der Waals surface area contributed by atoms with Crippen molar-refractivity contribution < 1.29 is 14.4 Å². The Kier molecular flexibility index (Phi) is 8.76. The molecule has 0 saturated heterocycles. The van der Waals surface area contributed by atoms with Gasteiger partial charge in [0.2, 0.25) is 0 Å². The van der Waals surface area contributed by atoms with Crippen LogP contribution in [0.1, 0.15) is 76.1 Å². The van der Waals surface area contributed by atoms with Crippen molar-refractivity contribution in [2.75, 3.05) is 0 Å². The number of hydrogen-bond acceptors (Lipinski definition) is 3. The van der Waals surface area contributed by atoms with Gasteiger partial charge in [-0.05, 0) is 78.8 Å². The van der Waals surface area contributed by atoms with Crippen LogP contribution in [0.4, 0.5) is 0 Å². The summed E-state index contributed by atoms with van der Waals surface area (Å²) in [6.45, 7) is 13.7. The van der Waals surface area contributed by atoms with Crippen molar-refractivity contribution >= 4 is 23.2 Å². The van der Waals surface area contributed by atoms with Crippen LogP contribution in [-0.2, 0) is 4.79 Å². The molecule has 0 fully saturated rings. The molecule has 36 heavy (non-hydrogen) atoms. The van der Waals surface area contributed by atoms with Crippen molar-refractivity contribution in [3.05, 3.63) is 101 Å². The first-order chi connectivity index (χ1) is 17.1. The van der Waals surface area contributed by atoms with E-state index in [0.717, 1.165) is 27.8 Å². The molecule has 3 rings (SSSR count). The molecule has 3 aromatic rings. The number of rotatable bonds is 10. The van der Waals surface area contributed by atoms with E-state index >= 15 is 0 Å². The lowest BCUT2D eigenvalue weighted by atomic mass is 9.95. The van der Waals surface area contributed by atoms with Crippen LogP contribution in [0.3, 0.4) is 0 Å². The highest BCUT2D eigenvalue weighted by Crippen LogP contribution is 2.27. The topological polar surface area (TPSA) is 63.2 Å². The van der Waals surface area contributed by atoms with Crippen molar-refractivity contribution in [2.45, 2.75) is 53.9 Å². The second kappa shape index (κ2) is 11.8. The van der Waals surface area contributed by atoms with E-state index in [4.69, 9.17) is 0 Å². The third kappa shape index (κ3) is 6.45. The number of carbonyl (C=O) groups excluding carboxylic acids is 3. The van der Waals surface area contributed by atoms with E-state index in [2.05, 4.69) is 31.0 Å². The minimum absolute atomic E-state index is 0.00254. The molecule has 0 aliphatic carbocycles. The van der Waals surface area contributed by atoms with Gasteiger partial charge >= 0.3 is 0 Å². The van der Waals surface area contributed by atoms with Gasteiger partial charge in [0.1, 0.15) is 5.78 Å². The minimum Gasteiger partial charge on any atom is -0.322 e. The minimum atomic E-state index is -0.230. The lowest BCUT2D eigenvalue weighted by Gasteiger charge is -2.14. The van der Waals surface area contributed by atoms with Gasteiger partial charge < -0.3 is 5.32 Å². The lowest BCUT2D eigenvalue weighted by Crippen LogP contribution is -2.21. The Balaban J connectivity index is 1.66. The summed E-state index contributed by atoms with van der Waals surface area (Å²) in [6.07, 6.45) is 1.32. The first-order valence-electron chi connectivity index (χ1n) is 12.4. The molecular weight excluding hydrogens is 446 g/mol. The zero-order chi connectivity index (χ0) is 26.4. The second-order valence-corrected chi connectivity index (χ2v) is 9.70. The van der Waals surface area contributed by atoms with E-state index in [0.29, 0.717) is 36.1 Å². The fraction of sp³-hybridized carbons (Fsp3) is 0.281. The summed E-state index contributed by atoms with van der Waals surface area (Å²) < 4.78 is 0. The summed E-state index contributed by atoms with van der Waals surface area (Å²) in [5, 5.41) is 2.89. The standard InChI is InChI=1S/C32H35NO3/c1-20(2)30(34)12-9-13-31(35)29-17-14-25(18-23(29)5)24(6)33-32(36)26-15-16-28(22(4)19-26)27-11-8-7-10-21(27)3/h7-8,10-11,14-20H,6,9,12-13H2,1-5H3,(H,33,36). The third-order valence-electron chi connectivity index (χ3n) is 6.53. The van der Waals surface area contributed by atoms with Gasteiger partial charge in [0.15, 0.2) is 5.78 Å². The third-order valence-corrected chi connectivity index (χ3v) is 6.53. The van der Waals surface area contributed by atoms with Gasteiger partial charge in [0.05, 0.1) is 0 Å². The zero-order valence-electron chi connectivity index (χ0n) is 21.9. The normalized spacial score (nSPS) is 10.8. The maximum atomic E-state index is 12.9. The van der Waals surface area contributed by atoms with Gasteiger partial charge in [-0.3, -0.25) is 14.4 Å². The predicted octanol–water partition coefficient (Wildman–Crippen LogP) is 7.26. The molecule has 4 heteroatoms. The molecule has 1 amide bonds. The molecular formula is C32H35NO3. The van der Waals surface area contributed by atoms with Gasteiger partial charge in [-0.15, -0.1) is 0 Å². The molecule has 0 aliphatic heterocycles. The maximum Gasteiger partial charge on any atom is 0.255 e. The molecule has 0 unspecified atom stereocenters. The molecule has 0 saturated carbocycles. The SMILES string of the molecule is C=C(NC(=O)c1ccc(-c2ccccc2C)c(C)c1)c1ccc(C(=O)CCCC(=O)C(C)C)c(C)c1. The lowest BCUT2D eigenvalue weighted by molar-refractivity contribution is -0.121. The van der Waals surface area contributed by atoms with E-state index < -0.39 is 0 Å². The molecule has 0 aliphatic rings. The summed E-state index contributed by atoms with van der Waals surface area (Å²) in [4.78, 5) is 37.4. The van der Waals surface area contributed by atoms with Crippen molar-refractivity contribution in [1.29, 1.82) is 0 Å². The summed E-state index contributed by atoms with van der Waals surface area (Å²) in [7, 11) is 0. The zero-order valence-corrected chi connectivity index (χ0v) is 21.9. The van der Waals surface area contributed by atoms with Crippen molar-refractivity contribution in [3.8, 4) is 11.1 Å². The van der Waals surface area contributed by atoms with Gasteiger partial charge in [-0.1, -0.05) is 62.9 Å². The van der Waals surface area contributed by atoms with E-state index in [1.807, 2.05) is 64.1 Å². The number of hydrogen-bond donors (Lipinski definition) is 1. The number of nitrogens with one attached hydrogen (secondary N) is 1. The first kappa shape index (κ1) is 26.8. The monoisotopic (exact) mass is 481 g/mol. The van der Waals surface area contributed by atoms with E-state index in [1.165, 1.54) is 5.56 Å². The quantitative estimate of drug-likeness (QED) is 0.310. The summed E-state index contributed by atoms with van der Waals surface area (Å²) in [5.74, 6) is -0.0271. The Morgan fingerprint density at radius 2 is 1.42 bits per heavy atom. The van der Waals surface area contributed by atoms with E-state index in [9.17, 15) is 14.4 Å².